The Hall–Kier alpha value is -0.900. The molecule has 0 aliphatic carbocycles. The van der Waals surface area contributed by atoms with Gasteiger partial charge < -0.3 is 10.5 Å². The largest absolute Gasteiger partial charge is 0.462 e. The van der Waals surface area contributed by atoms with Crippen molar-refractivity contribution in [3.8, 4) is 0 Å². The molecule has 4 heteroatoms. The molecule has 2 N–H and O–H groups in total. The predicted molar refractivity (Wildman–Crippen MR) is 44.5 cm³/mol. The van der Waals surface area contributed by atoms with Crippen LogP contribution < -0.4 is 5.73 Å². The van der Waals surface area contributed by atoms with Gasteiger partial charge in [-0.05, 0) is 20.8 Å². The second kappa shape index (κ2) is 4.87. The Labute approximate surface area is 72.1 Å². The molecule has 0 saturated carbocycles. The van der Waals surface area contributed by atoms with E-state index >= 15 is 0 Å². The molecule has 0 spiro atoms. The lowest BCUT2D eigenvalue weighted by Crippen LogP contribution is -2.30. The minimum Gasteiger partial charge on any atom is -0.462 e. The van der Waals surface area contributed by atoms with Crippen molar-refractivity contribution in [1.29, 1.82) is 0 Å². The first-order valence-corrected chi connectivity index (χ1v) is 3.92. The number of esters is 1. The lowest BCUT2D eigenvalue weighted by atomic mass is 10.1. The number of hydrogen-bond acceptors (Lipinski definition) is 4. The van der Waals surface area contributed by atoms with Crippen LogP contribution in [0.2, 0.25) is 0 Å². The van der Waals surface area contributed by atoms with Gasteiger partial charge in [0.05, 0.1) is 12.6 Å². The Kier molecular flexibility index (Phi) is 4.51. The van der Waals surface area contributed by atoms with E-state index in [9.17, 15) is 9.59 Å². The van der Waals surface area contributed by atoms with Crippen LogP contribution in [0.5, 0.6) is 0 Å². The highest BCUT2D eigenvalue weighted by molar-refractivity contribution is 5.99. The first-order valence-electron chi connectivity index (χ1n) is 3.92. The monoisotopic (exact) mass is 173 g/mol. The van der Waals surface area contributed by atoms with Gasteiger partial charge in [-0.15, -0.1) is 0 Å². The SMILES string of the molecule is CC(C)OC(=O)C(C)C(=O)CN. The van der Waals surface area contributed by atoms with E-state index in [0.717, 1.165) is 0 Å². The maximum atomic E-state index is 11.1. The summed E-state index contributed by atoms with van der Waals surface area (Å²) < 4.78 is 4.82. The van der Waals surface area contributed by atoms with E-state index in [1.54, 1.807) is 13.8 Å². The Balaban J connectivity index is 4.01. The van der Waals surface area contributed by atoms with Crippen molar-refractivity contribution in [2.24, 2.45) is 11.7 Å². The van der Waals surface area contributed by atoms with Crippen LogP contribution in [-0.4, -0.2) is 24.4 Å². The predicted octanol–water partition coefficient (Wildman–Crippen LogP) is 0.102. The number of hydrogen-bond donors (Lipinski definition) is 1. The summed E-state index contributed by atoms with van der Waals surface area (Å²) in [6.45, 7) is 4.85. The second-order valence-corrected chi connectivity index (χ2v) is 2.88. The number of ether oxygens (including phenoxy) is 1. The zero-order valence-electron chi connectivity index (χ0n) is 7.66. The highest BCUT2D eigenvalue weighted by Gasteiger charge is 2.21. The number of nitrogens with two attached hydrogens (primary N) is 1. The van der Waals surface area contributed by atoms with Crippen molar-refractivity contribution in [3.05, 3.63) is 0 Å². The molecule has 1 atom stereocenters. The normalized spacial score (nSPS) is 12.8. The number of carbonyl (C=O) groups is 2. The van der Waals surface area contributed by atoms with Gasteiger partial charge in [0.25, 0.3) is 0 Å². The van der Waals surface area contributed by atoms with E-state index in [1.165, 1.54) is 6.92 Å². The quantitative estimate of drug-likeness (QED) is 0.483. The van der Waals surface area contributed by atoms with Crippen molar-refractivity contribution in [2.45, 2.75) is 26.9 Å². The molecule has 0 aromatic heterocycles. The van der Waals surface area contributed by atoms with Gasteiger partial charge in [-0.25, -0.2) is 0 Å². The molecule has 70 valence electrons. The van der Waals surface area contributed by atoms with Crippen LogP contribution in [0.25, 0.3) is 0 Å². The summed E-state index contributed by atoms with van der Waals surface area (Å²) in [5, 5.41) is 0. The van der Waals surface area contributed by atoms with Crippen LogP contribution in [0.15, 0.2) is 0 Å². The van der Waals surface area contributed by atoms with Crippen LogP contribution >= 0.6 is 0 Å². The van der Waals surface area contributed by atoms with Crippen LogP contribution in [0.4, 0.5) is 0 Å². The molecule has 0 heterocycles. The van der Waals surface area contributed by atoms with Crippen LogP contribution in [0, 0.1) is 5.92 Å². The van der Waals surface area contributed by atoms with Crippen LogP contribution in [0.1, 0.15) is 20.8 Å². The molecular formula is C8H15NO3. The number of rotatable bonds is 4. The molecule has 0 aromatic rings. The Morgan fingerprint density at radius 1 is 1.33 bits per heavy atom. The van der Waals surface area contributed by atoms with Gasteiger partial charge in [0.1, 0.15) is 5.92 Å². The summed E-state index contributed by atoms with van der Waals surface area (Å²) in [6, 6.07) is 0. The molecule has 0 saturated heterocycles. The zero-order valence-corrected chi connectivity index (χ0v) is 7.66. The van der Waals surface area contributed by atoms with Crippen LogP contribution in [0.3, 0.4) is 0 Å². The van der Waals surface area contributed by atoms with Gasteiger partial charge in [0.2, 0.25) is 0 Å². The molecule has 0 rings (SSSR count). The highest BCUT2D eigenvalue weighted by Crippen LogP contribution is 2.02. The van der Waals surface area contributed by atoms with Crippen molar-refractivity contribution in [1.82, 2.24) is 0 Å². The summed E-state index contributed by atoms with van der Waals surface area (Å²) in [5.74, 6) is -1.53. The molecule has 0 amide bonds. The van der Waals surface area contributed by atoms with Gasteiger partial charge in [0, 0.05) is 0 Å². The molecule has 1 unspecified atom stereocenters. The fourth-order valence-electron chi connectivity index (χ4n) is 0.643. The van der Waals surface area contributed by atoms with Crippen molar-refractivity contribution >= 4 is 11.8 Å². The molecule has 12 heavy (non-hydrogen) atoms. The fourth-order valence-corrected chi connectivity index (χ4v) is 0.643. The first-order chi connectivity index (χ1) is 5.49. The van der Waals surface area contributed by atoms with E-state index in [0.29, 0.717) is 0 Å². The molecule has 0 bridgehead atoms. The summed E-state index contributed by atoms with van der Waals surface area (Å²) in [7, 11) is 0. The van der Waals surface area contributed by atoms with E-state index in [1.807, 2.05) is 0 Å². The number of Topliss-reactive ketones (excluding diaryl/α,β-unsaturated/α-hetero) is 1. The molecular weight excluding hydrogens is 158 g/mol. The third-order valence-corrected chi connectivity index (χ3v) is 1.39. The molecule has 0 aliphatic rings. The second-order valence-electron chi connectivity index (χ2n) is 2.88. The summed E-state index contributed by atoms with van der Waals surface area (Å²) >= 11 is 0. The number of carbonyl (C=O) groups excluding carboxylic acids is 2. The molecule has 0 aromatic carbocycles. The van der Waals surface area contributed by atoms with Gasteiger partial charge in [0.15, 0.2) is 5.78 Å². The molecule has 0 fully saturated rings. The van der Waals surface area contributed by atoms with Gasteiger partial charge in [-0.2, -0.15) is 0 Å². The average molecular weight is 173 g/mol. The standard InChI is InChI=1S/C8H15NO3/c1-5(2)12-8(11)6(3)7(10)4-9/h5-6H,4,9H2,1-3H3. The highest BCUT2D eigenvalue weighted by atomic mass is 16.5. The maximum absolute atomic E-state index is 11.1. The van der Waals surface area contributed by atoms with E-state index in [4.69, 9.17) is 10.5 Å². The van der Waals surface area contributed by atoms with E-state index in [-0.39, 0.29) is 18.4 Å². The smallest absolute Gasteiger partial charge is 0.316 e. The van der Waals surface area contributed by atoms with Crippen molar-refractivity contribution < 1.29 is 14.3 Å². The first kappa shape index (κ1) is 11.1. The average Bonchev–Trinajstić information content (AvgIpc) is 2.00. The summed E-state index contributed by atoms with van der Waals surface area (Å²) in [4.78, 5) is 22.0. The summed E-state index contributed by atoms with van der Waals surface area (Å²) in [5.41, 5.74) is 5.08. The Morgan fingerprint density at radius 2 is 1.83 bits per heavy atom. The van der Waals surface area contributed by atoms with Crippen molar-refractivity contribution in [2.75, 3.05) is 6.54 Å². The van der Waals surface area contributed by atoms with E-state index in [2.05, 4.69) is 0 Å². The molecule has 0 aliphatic heterocycles. The third-order valence-electron chi connectivity index (χ3n) is 1.39. The van der Waals surface area contributed by atoms with Gasteiger partial charge >= 0.3 is 5.97 Å². The number of ketones is 1. The topological polar surface area (TPSA) is 69.4 Å². The molecule has 0 radical (unpaired) electrons. The fraction of sp³-hybridized carbons (Fsp3) is 0.750. The van der Waals surface area contributed by atoms with Gasteiger partial charge in [-0.1, -0.05) is 0 Å². The maximum Gasteiger partial charge on any atom is 0.316 e. The van der Waals surface area contributed by atoms with Gasteiger partial charge in [-0.3, -0.25) is 9.59 Å². The molecule has 4 nitrogen and oxygen atoms in total. The minimum atomic E-state index is -0.739. The Bertz CT molecular complexity index is 177. The zero-order chi connectivity index (χ0) is 9.72. The van der Waals surface area contributed by atoms with E-state index < -0.39 is 11.9 Å². The van der Waals surface area contributed by atoms with Crippen molar-refractivity contribution in [3.63, 3.8) is 0 Å². The lowest BCUT2D eigenvalue weighted by Gasteiger charge is -2.11. The minimum absolute atomic E-state index is 0.117. The lowest BCUT2D eigenvalue weighted by molar-refractivity contribution is -0.154. The summed E-state index contributed by atoms with van der Waals surface area (Å²) in [6.07, 6.45) is -0.189. The third kappa shape index (κ3) is 3.48. The Morgan fingerprint density at radius 3 is 2.17 bits per heavy atom. The van der Waals surface area contributed by atoms with Crippen LogP contribution in [-0.2, 0) is 14.3 Å².